The van der Waals surface area contributed by atoms with Gasteiger partial charge in [-0.05, 0) is 56.8 Å². The summed E-state index contributed by atoms with van der Waals surface area (Å²) in [6, 6.07) is 7.09. The fourth-order valence-electron chi connectivity index (χ4n) is 5.53. The lowest BCUT2D eigenvalue weighted by molar-refractivity contribution is 0.119. The quantitative estimate of drug-likeness (QED) is 0.385. The number of rotatable bonds is 8. The first-order chi connectivity index (χ1) is 17.0. The van der Waals surface area contributed by atoms with Crippen LogP contribution in [0, 0.1) is 0 Å². The molecular weight excluding hydrogens is 440 g/mol. The number of pyridine rings is 2. The van der Waals surface area contributed by atoms with Crippen molar-refractivity contribution in [2.75, 3.05) is 34.4 Å². The van der Waals surface area contributed by atoms with E-state index in [-0.39, 0.29) is 0 Å². The van der Waals surface area contributed by atoms with Crippen LogP contribution in [0.1, 0.15) is 62.6 Å². The minimum Gasteiger partial charge on any atom is -0.493 e. The van der Waals surface area contributed by atoms with Crippen molar-refractivity contribution < 1.29 is 9.47 Å². The predicted molar refractivity (Wildman–Crippen MR) is 138 cm³/mol. The number of likely N-dealkylation sites (N-methyl/N-ethyl adjacent to an activating group) is 1. The molecule has 1 saturated carbocycles. The fourth-order valence-corrected chi connectivity index (χ4v) is 5.53. The predicted octanol–water partition coefficient (Wildman–Crippen LogP) is 5.01. The van der Waals surface area contributed by atoms with Crippen LogP contribution in [-0.2, 0) is 4.74 Å². The molecule has 0 bridgehead atoms. The third-order valence-corrected chi connectivity index (χ3v) is 7.51. The second-order valence-corrected chi connectivity index (χ2v) is 10.0. The van der Waals surface area contributed by atoms with Gasteiger partial charge in [0.1, 0.15) is 6.33 Å². The van der Waals surface area contributed by atoms with Crippen LogP contribution in [0.5, 0.6) is 5.75 Å². The van der Waals surface area contributed by atoms with Gasteiger partial charge in [-0.15, -0.1) is 0 Å². The second-order valence-electron chi connectivity index (χ2n) is 10.0. The smallest absolute Gasteiger partial charge is 0.197 e. The van der Waals surface area contributed by atoms with Crippen LogP contribution >= 0.6 is 0 Å². The first-order valence-electron chi connectivity index (χ1n) is 12.6. The molecule has 4 aromatic rings. The van der Waals surface area contributed by atoms with Gasteiger partial charge in [0.25, 0.3) is 0 Å². The zero-order valence-corrected chi connectivity index (χ0v) is 21.4. The summed E-state index contributed by atoms with van der Waals surface area (Å²) in [5.74, 6) is 1.52. The molecule has 0 radical (unpaired) electrons. The Hall–Kier alpha value is -2.97. The van der Waals surface area contributed by atoms with Gasteiger partial charge in [-0.3, -0.25) is 4.98 Å². The van der Waals surface area contributed by atoms with Crippen molar-refractivity contribution in [3.05, 3.63) is 42.0 Å². The zero-order chi connectivity index (χ0) is 24.5. The maximum atomic E-state index is 5.60. The minimum absolute atomic E-state index is 0.309. The highest BCUT2D eigenvalue weighted by molar-refractivity contribution is 5.89. The summed E-state index contributed by atoms with van der Waals surface area (Å²) in [6.45, 7) is 6.24. The van der Waals surface area contributed by atoms with Gasteiger partial charge in [0.05, 0.1) is 30.4 Å². The third kappa shape index (κ3) is 4.52. The second kappa shape index (κ2) is 9.95. The molecular formula is C27H36N6O2. The van der Waals surface area contributed by atoms with Crippen LogP contribution in [0.15, 0.2) is 30.7 Å². The van der Waals surface area contributed by atoms with E-state index in [2.05, 4.69) is 53.0 Å². The molecule has 1 N–H and O–H groups in total. The zero-order valence-electron chi connectivity index (χ0n) is 21.4. The van der Waals surface area contributed by atoms with Crippen molar-refractivity contribution >= 4 is 16.7 Å². The van der Waals surface area contributed by atoms with E-state index in [0.717, 1.165) is 35.4 Å². The Balaban J connectivity index is 1.46. The molecule has 1 aliphatic carbocycles. The largest absolute Gasteiger partial charge is 0.493 e. The Morgan fingerprint density at radius 1 is 1.17 bits per heavy atom. The Morgan fingerprint density at radius 3 is 2.69 bits per heavy atom. The lowest BCUT2D eigenvalue weighted by atomic mass is 9.83. The van der Waals surface area contributed by atoms with Crippen LogP contribution in [0.2, 0.25) is 0 Å². The SMILES string of the molecule is COCCN(C)C1CCC(c2ccc3[nH]c(-c4cc(OC)c5ncnn5c4)c(C(C)C)c3n2)CC1. The van der Waals surface area contributed by atoms with Crippen LogP contribution in [0.4, 0.5) is 0 Å². The number of nitrogens with one attached hydrogen (secondary N) is 1. The Kier molecular flexibility index (Phi) is 6.75. The van der Waals surface area contributed by atoms with Gasteiger partial charge in [0, 0.05) is 48.6 Å². The van der Waals surface area contributed by atoms with Crippen LogP contribution in [0.25, 0.3) is 27.9 Å². The Bertz CT molecular complexity index is 1300. The van der Waals surface area contributed by atoms with E-state index in [0.29, 0.717) is 29.3 Å². The summed E-state index contributed by atoms with van der Waals surface area (Å²) in [5.41, 5.74) is 7.38. The van der Waals surface area contributed by atoms with Crippen molar-refractivity contribution in [2.24, 2.45) is 0 Å². The van der Waals surface area contributed by atoms with E-state index in [9.17, 15) is 0 Å². The molecule has 186 valence electrons. The average molecular weight is 477 g/mol. The minimum atomic E-state index is 0.309. The summed E-state index contributed by atoms with van der Waals surface area (Å²) < 4.78 is 12.6. The summed E-state index contributed by atoms with van der Waals surface area (Å²) in [4.78, 5) is 15.7. The number of hydrogen-bond acceptors (Lipinski definition) is 6. The van der Waals surface area contributed by atoms with Crippen LogP contribution in [0.3, 0.4) is 0 Å². The standard InChI is InChI=1S/C27H36N6O2/c1-17(2)24-25(19-14-23(35-5)27-28-16-29-33(27)15-19)31-22-11-10-21(30-26(22)24)18-6-8-20(9-7-18)32(3)12-13-34-4/h10-11,14-18,20,31H,6-9,12-13H2,1-5H3. The summed E-state index contributed by atoms with van der Waals surface area (Å²) in [6.07, 6.45) is 8.32. The highest BCUT2D eigenvalue weighted by Crippen LogP contribution is 2.39. The first kappa shape index (κ1) is 23.8. The van der Waals surface area contributed by atoms with Crippen molar-refractivity contribution in [3.63, 3.8) is 0 Å². The molecule has 5 rings (SSSR count). The molecule has 0 saturated heterocycles. The van der Waals surface area contributed by atoms with Gasteiger partial charge < -0.3 is 19.4 Å². The van der Waals surface area contributed by atoms with E-state index >= 15 is 0 Å². The van der Waals surface area contributed by atoms with Gasteiger partial charge in [-0.25, -0.2) is 9.50 Å². The highest BCUT2D eigenvalue weighted by atomic mass is 16.5. The van der Waals surface area contributed by atoms with Crippen molar-refractivity contribution in [1.82, 2.24) is 29.5 Å². The topological polar surface area (TPSA) is 80.6 Å². The molecule has 4 aromatic heterocycles. The van der Waals surface area contributed by atoms with Gasteiger partial charge in [-0.1, -0.05) is 13.8 Å². The molecule has 0 aromatic carbocycles. The van der Waals surface area contributed by atoms with Crippen molar-refractivity contribution in [2.45, 2.75) is 57.4 Å². The molecule has 0 aliphatic heterocycles. The number of H-pyrrole nitrogens is 1. The highest BCUT2D eigenvalue weighted by Gasteiger charge is 2.27. The lowest BCUT2D eigenvalue weighted by Gasteiger charge is -2.34. The molecule has 35 heavy (non-hydrogen) atoms. The molecule has 0 spiro atoms. The number of fused-ring (bicyclic) bond motifs is 2. The lowest BCUT2D eigenvalue weighted by Crippen LogP contribution is -2.36. The average Bonchev–Trinajstić information content (AvgIpc) is 3.51. The van der Waals surface area contributed by atoms with Crippen LogP contribution in [-0.4, -0.2) is 69.9 Å². The molecule has 8 nitrogen and oxygen atoms in total. The van der Waals surface area contributed by atoms with E-state index < -0.39 is 0 Å². The van der Waals surface area contributed by atoms with Gasteiger partial charge in [0.15, 0.2) is 11.4 Å². The molecule has 0 amide bonds. The van der Waals surface area contributed by atoms with E-state index in [1.165, 1.54) is 36.9 Å². The number of hydrogen-bond donors (Lipinski definition) is 1. The van der Waals surface area contributed by atoms with E-state index in [1.807, 2.05) is 12.3 Å². The van der Waals surface area contributed by atoms with Crippen LogP contribution < -0.4 is 4.74 Å². The molecule has 8 heteroatoms. The number of aromatic amines is 1. The van der Waals surface area contributed by atoms with Gasteiger partial charge in [0.2, 0.25) is 0 Å². The first-order valence-corrected chi connectivity index (χ1v) is 12.6. The Labute approximate surface area is 206 Å². The van der Waals surface area contributed by atoms with Gasteiger partial charge >= 0.3 is 0 Å². The van der Waals surface area contributed by atoms with Crippen molar-refractivity contribution in [1.29, 1.82) is 0 Å². The maximum Gasteiger partial charge on any atom is 0.197 e. The number of nitrogens with zero attached hydrogens (tertiary/aromatic N) is 5. The normalized spacial score (nSPS) is 18.8. The van der Waals surface area contributed by atoms with Gasteiger partial charge in [-0.2, -0.15) is 5.10 Å². The molecule has 4 heterocycles. The monoisotopic (exact) mass is 476 g/mol. The molecule has 0 unspecified atom stereocenters. The number of aromatic nitrogens is 5. The van der Waals surface area contributed by atoms with E-state index in [4.69, 9.17) is 14.5 Å². The number of ether oxygens (including phenoxy) is 2. The molecule has 1 aliphatic rings. The molecule has 0 atom stereocenters. The summed E-state index contributed by atoms with van der Waals surface area (Å²) >= 11 is 0. The molecule has 1 fully saturated rings. The maximum absolute atomic E-state index is 5.60. The van der Waals surface area contributed by atoms with E-state index in [1.54, 1.807) is 25.1 Å². The Morgan fingerprint density at radius 2 is 1.97 bits per heavy atom. The fraction of sp³-hybridized carbons (Fsp3) is 0.519. The summed E-state index contributed by atoms with van der Waals surface area (Å²) in [7, 11) is 5.66. The third-order valence-electron chi connectivity index (χ3n) is 7.51. The van der Waals surface area contributed by atoms with Crippen molar-refractivity contribution in [3.8, 4) is 17.0 Å². The summed E-state index contributed by atoms with van der Waals surface area (Å²) in [5, 5.41) is 4.34. The number of methoxy groups -OCH3 is 2.